The molecular formula is C37H48N8O7. The maximum Gasteiger partial charge on any atom is 0.245 e. The molecule has 15 heteroatoms. The van der Waals surface area contributed by atoms with Gasteiger partial charge in [-0.05, 0) is 62.8 Å². The van der Waals surface area contributed by atoms with Gasteiger partial charge in [0, 0.05) is 36.5 Å². The van der Waals surface area contributed by atoms with Gasteiger partial charge >= 0.3 is 0 Å². The Balaban J connectivity index is 1.52. The molecule has 6 atom stereocenters. The van der Waals surface area contributed by atoms with Gasteiger partial charge in [-0.2, -0.15) is 0 Å². The van der Waals surface area contributed by atoms with Crippen molar-refractivity contribution in [3.63, 3.8) is 0 Å². The smallest absolute Gasteiger partial charge is 0.245 e. The zero-order valence-electron chi connectivity index (χ0n) is 29.2. The molecule has 0 saturated carbocycles. The highest BCUT2D eigenvalue weighted by atomic mass is 16.3. The number of aromatic amines is 1. The fourth-order valence-electron chi connectivity index (χ4n) is 6.66. The first-order valence-corrected chi connectivity index (χ1v) is 17.8. The fourth-order valence-corrected chi connectivity index (χ4v) is 6.66. The van der Waals surface area contributed by atoms with E-state index in [-0.39, 0.29) is 38.8 Å². The highest BCUT2D eigenvalue weighted by molar-refractivity contribution is 5.98. The van der Waals surface area contributed by atoms with Gasteiger partial charge in [0.1, 0.15) is 30.2 Å². The molecule has 2 saturated heterocycles. The normalized spacial score (nSPS) is 24.5. The van der Waals surface area contributed by atoms with E-state index in [0.29, 0.717) is 25.8 Å². The number of carbonyl (C=O) groups is 6. The highest BCUT2D eigenvalue weighted by Crippen LogP contribution is 2.20. The van der Waals surface area contributed by atoms with E-state index in [2.05, 4.69) is 31.6 Å². The van der Waals surface area contributed by atoms with E-state index in [1.54, 1.807) is 6.20 Å². The molecule has 5 rings (SSSR count). The topological polar surface area (TPSA) is 228 Å². The Morgan fingerprint density at radius 2 is 1.46 bits per heavy atom. The van der Waals surface area contributed by atoms with Gasteiger partial charge in [0.15, 0.2) is 0 Å². The lowest BCUT2D eigenvalue weighted by Crippen LogP contribution is -2.63. The number of amides is 6. The van der Waals surface area contributed by atoms with Crippen LogP contribution in [0.1, 0.15) is 50.2 Å². The van der Waals surface area contributed by atoms with Gasteiger partial charge in [-0.1, -0.05) is 48.5 Å². The second kappa shape index (κ2) is 17.8. The summed E-state index contributed by atoms with van der Waals surface area (Å²) in [5.41, 5.74) is 8.03. The molecule has 3 aromatic rings. The van der Waals surface area contributed by atoms with Crippen molar-refractivity contribution in [3.05, 3.63) is 71.9 Å². The minimum absolute atomic E-state index is 0.0348. The number of H-pyrrole nitrogens is 1. The average Bonchev–Trinajstić information content (AvgIpc) is 3.53. The first kappa shape index (κ1) is 38.0. The zero-order valence-corrected chi connectivity index (χ0v) is 29.2. The Labute approximate surface area is 301 Å². The average molecular weight is 717 g/mol. The molecule has 1 aromatic heterocycles. The third-order valence-corrected chi connectivity index (χ3v) is 9.49. The van der Waals surface area contributed by atoms with Crippen molar-refractivity contribution >= 4 is 46.3 Å². The molecule has 278 valence electrons. The molecule has 52 heavy (non-hydrogen) atoms. The molecule has 3 heterocycles. The van der Waals surface area contributed by atoms with E-state index in [1.165, 1.54) is 11.8 Å². The molecule has 0 spiro atoms. The summed E-state index contributed by atoms with van der Waals surface area (Å²) in [6.07, 6.45) is 2.45. The third-order valence-electron chi connectivity index (χ3n) is 9.49. The van der Waals surface area contributed by atoms with Crippen LogP contribution in [-0.4, -0.2) is 106 Å². The van der Waals surface area contributed by atoms with E-state index in [9.17, 15) is 33.9 Å². The molecule has 2 fully saturated rings. The van der Waals surface area contributed by atoms with Gasteiger partial charge in [-0.15, -0.1) is 0 Å². The molecule has 6 amide bonds. The van der Waals surface area contributed by atoms with Crippen molar-refractivity contribution in [1.29, 1.82) is 0 Å². The second-order valence-electron chi connectivity index (χ2n) is 13.5. The number of nitrogens with zero attached hydrogens (tertiary/aromatic N) is 1. The molecule has 2 aromatic carbocycles. The van der Waals surface area contributed by atoms with Gasteiger partial charge in [0.25, 0.3) is 0 Å². The number of aliphatic hydroxyl groups is 1. The Kier molecular flexibility index (Phi) is 13.0. The molecule has 0 aliphatic carbocycles. The predicted octanol–water partition coefficient (Wildman–Crippen LogP) is -0.477. The van der Waals surface area contributed by atoms with Crippen molar-refractivity contribution in [2.45, 2.75) is 88.2 Å². The SMILES string of the molecule is C[C@@H](O)[C@@H]1NC(=O)[C@H](CCCCN)NC(=O)[C@H](Cc2c[nH]c3ccccc23)NC(=O)[C@H](Cc2ccccc2)NC(=O)CN2CCC[C@H](NC1=O)C2=O. The molecule has 9 N–H and O–H groups in total. The summed E-state index contributed by atoms with van der Waals surface area (Å²) in [5, 5.41) is 25.0. The van der Waals surface area contributed by atoms with Gasteiger partial charge in [-0.25, -0.2) is 0 Å². The zero-order chi connectivity index (χ0) is 37.2. The number of piperidine rings is 1. The lowest BCUT2D eigenvalue weighted by molar-refractivity contribution is -0.143. The van der Waals surface area contributed by atoms with E-state index in [0.717, 1.165) is 22.0 Å². The van der Waals surface area contributed by atoms with Crippen LogP contribution in [0.15, 0.2) is 60.8 Å². The molecule has 0 unspecified atom stereocenters. The molecule has 15 nitrogen and oxygen atoms in total. The summed E-state index contributed by atoms with van der Waals surface area (Å²) >= 11 is 0. The van der Waals surface area contributed by atoms with Crippen LogP contribution >= 0.6 is 0 Å². The summed E-state index contributed by atoms with van der Waals surface area (Å²) in [7, 11) is 0. The summed E-state index contributed by atoms with van der Waals surface area (Å²) in [6.45, 7) is 1.56. The molecule has 2 bridgehead atoms. The standard InChI is InChI=1S/C37H48N8O7/c1-22(46)32-36(51)42-28-15-9-17-45(37(28)52)21-31(47)40-29(18-23-10-3-2-4-11-23)34(49)43-30(19-24-20-39-26-13-6-5-12-25(24)26)35(50)41-27(33(48)44-32)14-7-8-16-38/h2-6,10-13,20,22,27-30,32,39,46H,7-9,14-19,21,38H2,1H3,(H,40,47)(H,41,50)(H,42,51)(H,43,49)(H,44,48)/t22-,27+,28+,29+,30+,32+/m1/s1. The third kappa shape index (κ3) is 9.73. The number of nitrogens with one attached hydrogen (secondary N) is 6. The van der Waals surface area contributed by atoms with Crippen LogP contribution in [-0.2, 0) is 41.6 Å². The number of hydrogen-bond donors (Lipinski definition) is 8. The van der Waals surface area contributed by atoms with Gasteiger partial charge in [-0.3, -0.25) is 28.8 Å². The monoisotopic (exact) mass is 716 g/mol. The van der Waals surface area contributed by atoms with Crippen LogP contribution in [0, 0.1) is 0 Å². The number of carbonyl (C=O) groups excluding carboxylic acids is 6. The predicted molar refractivity (Wildman–Crippen MR) is 192 cm³/mol. The van der Waals surface area contributed by atoms with Gasteiger partial charge in [0.05, 0.1) is 12.6 Å². The summed E-state index contributed by atoms with van der Waals surface area (Å²) < 4.78 is 0. The van der Waals surface area contributed by atoms with Crippen LogP contribution in [0.25, 0.3) is 10.9 Å². The summed E-state index contributed by atoms with van der Waals surface area (Å²) in [6, 6.07) is 10.6. The van der Waals surface area contributed by atoms with Crippen molar-refractivity contribution in [1.82, 2.24) is 36.5 Å². The van der Waals surface area contributed by atoms with E-state index >= 15 is 0 Å². The molecule has 2 aliphatic rings. The van der Waals surface area contributed by atoms with Crippen LogP contribution in [0.2, 0.25) is 0 Å². The number of hydrogen-bond acceptors (Lipinski definition) is 8. The van der Waals surface area contributed by atoms with Crippen LogP contribution < -0.4 is 32.3 Å². The maximum absolute atomic E-state index is 14.2. The van der Waals surface area contributed by atoms with E-state index < -0.39 is 71.8 Å². The fraction of sp³-hybridized carbons (Fsp3) is 0.459. The quantitative estimate of drug-likeness (QED) is 0.135. The number of benzene rings is 2. The Morgan fingerprint density at radius 1 is 0.788 bits per heavy atom. The number of aromatic nitrogens is 1. The van der Waals surface area contributed by atoms with Crippen molar-refractivity contribution in [2.24, 2.45) is 5.73 Å². The van der Waals surface area contributed by atoms with Crippen LogP contribution in [0.5, 0.6) is 0 Å². The number of unbranched alkanes of at least 4 members (excludes halogenated alkanes) is 1. The Hall–Kier alpha value is -5.28. The van der Waals surface area contributed by atoms with Gasteiger partial charge < -0.3 is 47.3 Å². The maximum atomic E-state index is 14.2. The number of rotatable bonds is 9. The van der Waals surface area contributed by atoms with Crippen molar-refractivity contribution in [3.8, 4) is 0 Å². The first-order chi connectivity index (χ1) is 25.0. The Bertz CT molecular complexity index is 1750. The highest BCUT2D eigenvalue weighted by Gasteiger charge is 2.37. The molecular weight excluding hydrogens is 668 g/mol. The number of para-hydroxylation sites is 1. The van der Waals surface area contributed by atoms with Crippen LogP contribution in [0.3, 0.4) is 0 Å². The minimum Gasteiger partial charge on any atom is -0.391 e. The number of nitrogens with two attached hydrogens (primary N) is 1. The number of aliphatic hydroxyl groups excluding tert-OH is 1. The summed E-state index contributed by atoms with van der Waals surface area (Å²) in [5.74, 6) is -3.90. The molecule has 0 radical (unpaired) electrons. The lowest BCUT2D eigenvalue weighted by Gasteiger charge is -2.34. The lowest BCUT2D eigenvalue weighted by atomic mass is 10.0. The second-order valence-corrected chi connectivity index (χ2v) is 13.5. The van der Waals surface area contributed by atoms with Crippen molar-refractivity contribution in [2.75, 3.05) is 19.6 Å². The van der Waals surface area contributed by atoms with E-state index in [4.69, 9.17) is 5.73 Å². The van der Waals surface area contributed by atoms with E-state index in [1.807, 2.05) is 54.6 Å². The molecule has 2 aliphatic heterocycles. The van der Waals surface area contributed by atoms with Gasteiger partial charge in [0.2, 0.25) is 35.4 Å². The van der Waals surface area contributed by atoms with Crippen LogP contribution in [0.4, 0.5) is 0 Å². The largest absolute Gasteiger partial charge is 0.391 e. The first-order valence-electron chi connectivity index (χ1n) is 17.8. The Morgan fingerprint density at radius 3 is 2.19 bits per heavy atom. The summed E-state index contributed by atoms with van der Waals surface area (Å²) in [4.78, 5) is 86.9. The number of fused-ring (bicyclic) bond motifs is 3. The van der Waals surface area contributed by atoms with Crippen molar-refractivity contribution < 1.29 is 33.9 Å². The minimum atomic E-state index is -1.45.